The van der Waals surface area contributed by atoms with Crippen LogP contribution in [0.1, 0.15) is 11.4 Å². The topological polar surface area (TPSA) is 72.7 Å². The maximum absolute atomic E-state index is 5.35. The van der Waals surface area contributed by atoms with Crippen LogP contribution in [-0.4, -0.2) is 36.8 Å². The molecule has 1 aromatic heterocycles. The Morgan fingerprint density at radius 3 is 2.48 bits per heavy atom. The zero-order valence-corrected chi connectivity index (χ0v) is 16.1. The van der Waals surface area contributed by atoms with Gasteiger partial charge in [-0.05, 0) is 29.8 Å². The molecule has 0 unspecified atom stereocenters. The number of hydrogen-bond acceptors (Lipinski definition) is 4. The molecule has 0 saturated carbocycles. The van der Waals surface area contributed by atoms with Crippen molar-refractivity contribution < 1.29 is 9.47 Å². The zero-order chi connectivity index (χ0) is 19.2. The molecule has 2 aromatic carbocycles. The molecule has 27 heavy (non-hydrogen) atoms. The molecule has 0 atom stereocenters. The van der Waals surface area contributed by atoms with Gasteiger partial charge in [0.25, 0.3) is 0 Å². The number of imidazole rings is 1. The summed E-state index contributed by atoms with van der Waals surface area (Å²) in [5.74, 6) is 3.08. The van der Waals surface area contributed by atoms with Crippen molar-refractivity contribution in [3.63, 3.8) is 0 Å². The van der Waals surface area contributed by atoms with Gasteiger partial charge in [-0.15, -0.1) is 0 Å². The fraction of sp³-hybridized carbons (Fsp3) is 0.300. The Kier molecular flexibility index (Phi) is 5.80. The first kappa shape index (κ1) is 18.6. The average Bonchev–Trinajstić information content (AvgIpc) is 3.03. The number of aromatic nitrogens is 2. The fourth-order valence-corrected chi connectivity index (χ4v) is 2.91. The third-order valence-electron chi connectivity index (χ3n) is 4.43. The van der Waals surface area contributed by atoms with E-state index in [1.807, 2.05) is 43.4 Å². The zero-order valence-electron chi connectivity index (χ0n) is 16.1. The highest BCUT2D eigenvalue weighted by Crippen LogP contribution is 2.27. The first-order chi connectivity index (χ1) is 13.2. The molecule has 0 aliphatic carbocycles. The van der Waals surface area contributed by atoms with Crippen LogP contribution in [0.2, 0.25) is 0 Å². The van der Waals surface area contributed by atoms with E-state index in [0.29, 0.717) is 30.5 Å². The smallest absolute Gasteiger partial charge is 0.191 e. The van der Waals surface area contributed by atoms with E-state index in [0.717, 1.165) is 22.4 Å². The van der Waals surface area contributed by atoms with E-state index >= 15 is 0 Å². The van der Waals surface area contributed by atoms with Gasteiger partial charge in [-0.3, -0.25) is 4.99 Å². The number of methoxy groups -OCH3 is 2. The molecule has 1 heterocycles. The molecule has 2 N–H and O–H groups in total. The van der Waals surface area contributed by atoms with E-state index in [-0.39, 0.29) is 0 Å². The van der Waals surface area contributed by atoms with Crippen molar-refractivity contribution >= 4 is 17.0 Å². The molecule has 0 aliphatic heterocycles. The Morgan fingerprint density at radius 2 is 1.78 bits per heavy atom. The van der Waals surface area contributed by atoms with Crippen molar-refractivity contribution in [1.82, 2.24) is 20.2 Å². The Morgan fingerprint density at radius 1 is 1.04 bits per heavy atom. The number of ether oxygens (including phenoxy) is 2. The number of para-hydroxylation sites is 2. The molecule has 0 amide bonds. The molecule has 0 saturated heterocycles. The third-order valence-corrected chi connectivity index (χ3v) is 4.43. The predicted octanol–water partition coefficient (Wildman–Crippen LogP) is 2.46. The van der Waals surface area contributed by atoms with Gasteiger partial charge in [0, 0.05) is 20.6 Å². The van der Waals surface area contributed by atoms with Gasteiger partial charge in [0.2, 0.25) is 0 Å². The van der Waals surface area contributed by atoms with Gasteiger partial charge < -0.3 is 24.7 Å². The van der Waals surface area contributed by atoms with E-state index < -0.39 is 0 Å². The van der Waals surface area contributed by atoms with E-state index in [1.165, 1.54) is 0 Å². The number of guanidine groups is 1. The van der Waals surface area contributed by atoms with Gasteiger partial charge in [-0.2, -0.15) is 0 Å². The normalized spacial score (nSPS) is 11.5. The quantitative estimate of drug-likeness (QED) is 0.517. The molecule has 7 nitrogen and oxygen atoms in total. The lowest BCUT2D eigenvalue weighted by molar-refractivity contribution is 0.354. The van der Waals surface area contributed by atoms with Crippen molar-refractivity contribution in [1.29, 1.82) is 0 Å². The number of rotatable bonds is 6. The molecule has 3 rings (SSSR count). The number of fused-ring (bicyclic) bond motifs is 1. The molecule has 3 aromatic rings. The summed E-state index contributed by atoms with van der Waals surface area (Å²) in [6.45, 7) is 1.19. The Hall–Kier alpha value is -3.22. The number of aliphatic imine (C=N–C) groups is 1. The van der Waals surface area contributed by atoms with Crippen LogP contribution >= 0.6 is 0 Å². The number of benzene rings is 2. The lowest BCUT2D eigenvalue weighted by Gasteiger charge is -2.13. The van der Waals surface area contributed by atoms with E-state index in [4.69, 9.17) is 9.47 Å². The van der Waals surface area contributed by atoms with Crippen LogP contribution in [-0.2, 0) is 20.1 Å². The van der Waals surface area contributed by atoms with Crippen LogP contribution < -0.4 is 20.1 Å². The Balaban J connectivity index is 1.62. The Bertz CT molecular complexity index is 949. The summed E-state index contributed by atoms with van der Waals surface area (Å²) in [7, 11) is 7.03. The van der Waals surface area contributed by atoms with Gasteiger partial charge >= 0.3 is 0 Å². The van der Waals surface area contributed by atoms with E-state index in [9.17, 15) is 0 Å². The van der Waals surface area contributed by atoms with Gasteiger partial charge in [0.1, 0.15) is 5.82 Å². The van der Waals surface area contributed by atoms with E-state index in [2.05, 4.69) is 31.2 Å². The highest BCUT2D eigenvalue weighted by atomic mass is 16.5. The van der Waals surface area contributed by atoms with Crippen molar-refractivity contribution in [2.75, 3.05) is 21.3 Å². The summed E-state index contributed by atoms with van der Waals surface area (Å²) < 4.78 is 12.7. The van der Waals surface area contributed by atoms with Crippen molar-refractivity contribution in [3.05, 3.63) is 53.9 Å². The second kappa shape index (κ2) is 8.44. The van der Waals surface area contributed by atoms with Crippen LogP contribution in [0.3, 0.4) is 0 Å². The number of nitrogens with one attached hydrogen (secondary N) is 2. The number of nitrogens with zero attached hydrogens (tertiary/aromatic N) is 3. The van der Waals surface area contributed by atoms with Crippen molar-refractivity contribution in [2.24, 2.45) is 12.0 Å². The SMILES string of the molecule is CN=C(NCc1ccc(OC)c(OC)c1)NCc1nc2ccccc2n1C. The van der Waals surface area contributed by atoms with Gasteiger partial charge in [0.05, 0.1) is 31.8 Å². The summed E-state index contributed by atoms with van der Waals surface area (Å²) in [6, 6.07) is 13.9. The van der Waals surface area contributed by atoms with Crippen LogP contribution in [0.5, 0.6) is 11.5 Å². The van der Waals surface area contributed by atoms with Crippen LogP contribution in [0.25, 0.3) is 11.0 Å². The molecular formula is C20H25N5O2. The molecule has 0 aliphatic rings. The maximum atomic E-state index is 5.35. The van der Waals surface area contributed by atoms with Gasteiger partial charge in [-0.1, -0.05) is 18.2 Å². The molecular weight excluding hydrogens is 342 g/mol. The van der Waals surface area contributed by atoms with Gasteiger partial charge in [-0.25, -0.2) is 4.98 Å². The highest BCUT2D eigenvalue weighted by molar-refractivity contribution is 5.80. The average molecular weight is 367 g/mol. The minimum atomic E-state index is 0.580. The molecule has 0 radical (unpaired) electrons. The van der Waals surface area contributed by atoms with Crippen LogP contribution in [0.15, 0.2) is 47.5 Å². The summed E-state index contributed by atoms with van der Waals surface area (Å²) in [5.41, 5.74) is 3.17. The molecule has 7 heteroatoms. The van der Waals surface area contributed by atoms with Gasteiger partial charge in [0.15, 0.2) is 17.5 Å². The predicted molar refractivity (Wildman–Crippen MR) is 107 cm³/mol. The molecule has 0 spiro atoms. The summed E-state index contributed by atoms with van der Waals surface area (Å²) >= 11 is 0. The minimum absolute atomic E-state index is 0.580. The second-order valence-electron chi connectivity index (χ2n) is 6.04. The van der Waals surface area contributed by atoms with Crippen LogP contribution in [0.4, 0.5) is 0 Å². The largest absolute Gasteiger partial charge is 0.493 e. The number of hydrogen-bond donors (Lipinski definition) is 2. The lowest BCUT2D eigenvalue weighted by atomic mass is 10.2. The van der Waals surface area contributed by atoms with Crippen LogP contribution in [0, 0.1) is 0 Å². The third kappa shape index (κ3) is 4.13. The minimum Gasteiger partial charge on any atom is -0.493 e. The molecule has 0 bridgehead atoms. The molecule has 142 valence electrons. The molecule has 0 fully saturated rings. The maximum Gasteiger partial charge on any atom is 0.191 e. The second-order valence-corrected chi connectivity index (χ2v) is 6.04. The first-order valence-corrected chi connectivity index (χ1v) is 8.72. The summed E-state index contributed by atoms with van der Waals surface area (Å²) in [4.78, 5) is 8.95. The van der Waals surface area contributed by atoms with E-state index in [1.54, 1.807) is 21.3 Å². The lowest BCUT2D eigenvalue weighted by Crippen LogP contribution is -2.36. The standard InChI is InChI=1S/C20H25N5O2/c1-21-20(22-12-14-9-10-17(26-3)18(11-14)27-4)23-13-19-24-15-7-5-6-8-16(15)25(19)2/h5-11H,12-13H2,1-4H3,(H2,21,22,23). The first-order valence-electron chi connectivity index (χ1n) is 8.72. The summed E-state index contributed by atoms with van der Waals surface area (Å²) in [5, 5.41) is 6.61. The summed E-state index contributed by atoms with van der Waals surface area (Å²) in [6.07, 6.45) is 0. The number of aryl methyl sites for hydroxylation is 1. The fourth-order valence-electron chi connectivity index (χ4n) is 2.91. The monoisotopic (exact) mass is 367 g/mol. The van der Waals surface area contributed by atoms with Crippen molar-refractivity contribution in [2.45, 2.75) is 13.1 Å². The van der Waals surface area contributed by atoms with Crippen molar-refractivity contribution in [3.8, 4) is 11.5 Å². The highest BCUT2D eigenvalue weighted by Gasteiger charge is 2.08. The Labute approximate surface area is 159 Å².